The number of ether oxygens (including phenoxy) is 1. The van der Waals surface area contributed by atoms with Gasteiger partial charge in [0.2, 0.25) is 0 Å². The van der Waals surface area contributed by atoms with Gasteiger partial charge in [-0.15, -0.1) is 0 Å². The van der Waals surface area contributed by atoms with Gasteiger partial charge >= 0.3 is 0 Å². The van der Waals surface area contributed by atoms with Crippen LogP contribution in [0.15, 0.2) is 18.3 Å². The summed E-state index contributed by atoms with van der Waals surface area (Å²) < 4.78 is 4.89. The summed E-state index contributed by atoms with van der Waals surface area (Å²) in [5.41, 5.74) is 0.454. The summed E-state index contributed by atoms with van der Waals surface area (Å²) >= 11 is 0. The van der Waals surface area contributed by atoms with E-state index < -0.39 is 6.04 Å². The molecule has 0 fully saturated rings. The van der Waals surface area contributed by atoms with Crippen LogP contribution in [0.25, 0.3) is 0 Å². The molecule has 6 nitrogen and oxygen atoms in total. The van der Waals surface area contributed by atoms with Gasteiger partial charge in [0.1, 0.15) is 5.82 Å². The number of carbonyl (C=O) groups is 1. The molecule has 1 aromatic rings. The lowest BCUT2D eigenvalue weighted by Gasteiger charge is -2.15. The molecule has 0 bridgehead atoms. The highest BCUT2D eigenvalue weighted by Crippen LogP contribution is 2.07. The zero-order valence-electron chi connectivity index (χ0n) is 10.9. The second-order valence-corrected chi connectivity index (χ2v) is 4.11. The number of methoxy groups -OCH3 is 1. The topological polar surface area (TPSA) is 74.7 Å². The number of aliphatic hydroxyl groups is 1. The lowest BCUT2D eigenvalue weighted by atomic mass is 10.2. The van der Waals surface area contributed by atoms with E-state index in [-0.39, 0.29) is 19.1 Å². The Bertz CT molecular complexity index is 379. The molecule has 0 spiro atoms. The summed E-state index contributed by atoms with van der Waals surface area (Å²) in [4.78, 5) is 17.8. The van der Waals surface area contributed by atoms with Crippen molar-refractivity contribution in [3.63, 3.8) is 0 Å². The predicted molar refractivity (Wildman–Crippen MR) is 68.8 cm³/mol. The maximum Gasteiger partial charge on any atom is 0.253 e. The molecule has 0 radical (unpaired) electrons. The lowest BCUT2D eigenvalue weighted by Crippen LogP contribution is -2.40. The van der Waals surface area contributed by atoms with Crippen LogP contribution in [-0.2, 0) is 4.74 Å². The van der Waals surface area contributed by atoms with Crippen LogP contribution in [0.5, 0.6) is 0 Å². The number of carbonyl (C=O) groups excluding carboxylic acids is 1. The summed E-state index contributed by atoms with van der Waals surface area (Å²) in [6.45, 7) is 0.105. The first-order valence-corrected chi connectivity index (χ1v) is 5.62. The Morgan fingerprint density at radius 3 is 2.72 bits per heavy atom. The molecule has 18 heavy (non-hydrogen) atoms. The van der Waals surface area contributed by atoms with Crippen LogP contribution < -0.4 is 10.2 Å². The van der Waals surface area contributed by atoms with Gasteiger partial charge in [0.25, 0.3) is 5.91 Å². The number of nitrogens with zero attached hydrogens (tertiary/aromatic N) is 2. The van der Waals surface area contributed by atoms with Crippen molar-refractivity contribution in [2.24, 2.45) is 0 Å². The number of anilines is 1. The lowest BCUT2D eigenvalue weighted by molar-refractivity contribution is 0.0839. The standard InChI is InChI=1S/C12H19N3O3/c1-15(2)11-5-4-9(6-13-11)12(17)14-10(7-16)8-18-3/h4-6,10,16H,7-8H2,1-3H3,(H,14,17). The van der Waals surface area contributed by atoms with Crippen molar-refractivity contribution in [2.75, 3.05) is 39.3 Å². The average Bonchev–Trinajstić information content (AvgIpc) is 2.38. The molecule has 2 N–H and O–H groups in total. The molecule has 1 rings (SSSR count). The highest BCUT2D eigenvalue weighted by Gasteiger charge is 2.13. The molecule has 1 amide bonds. The molecular weight excluding hydrogens is 234 g/mol. The van der Waals surface area contributed by atoms with Crippen molar-refractivity contribution in [3.05, 3.63) is 23.9 Å². The van der Waals surface area contributed by atoms with Crippen LogP contribution in [0.2, 0.25) is 0 Å². The van der Waals surface area contributed by atoms with Gasteiger partial charge in [0.15, 0.2) is 0 Å². The van der Waals surface area contributed by atoms with Gasteiger partial charge in [-0.3, -0.25) is 4.79 Å². The zero-order chi connectivity index (χ0) is 13.5. The number of hydrogen-bond donors (Lipinski definition) is 2. The Morgan fingerprint density at radius 1 is 1.56 bits per heavy atom. The largest absolute Gasteiger partial charge is 0.394 e. The Labute approximate surface area is 107 Å². The molecule has 0 aliphatic rings. The van der Waals surface area contributed by atoms with E-state index in [1.165, 1.54) is 13.3 Å². The van der Waals surface area contributed by atoms with Crippen LogP contribution in [0.4, 0.5) is 5.82 Å². The minimum Gasteiger partial charge on any atom is -0.394 e. The molecule has 6 heteroatoms. The highest BCUT2D eigenvalue weighted by molar-refractivity contribution is 5.94. The Balaban J connectivity index is 2.66. The first kappa shape index (κ1) is 14.4. The van der Waals surface area contributed by atoms with E-state index in [4.69, 9.17) is 9.84 Å². The number of pyridine rings is 1. The second-order valence-electron chi connectivity index (χ2n) is 4.11. The quantitative estimate of drug-likeness (QED) is 0.739. The number of rotatable bonds is 6. The monoisotopic (exact) mass is 253 g/mol. The first-order chi connectivity index (χ1) is 8.58. The highest BCUT2D eigenvalue weighted by atomic mass is 16.5. The molecule has 1 atom stereocenters. The number of aliphatic hydroxyl groups excluding tert-OH is 1. The molecule has 0 aliphatic carbocycles. The summed E-state index contributed by atoms with van der Waals surface area (Å²) in [7, 11) is 5.27. The number of hydrogen-bond acceptors (Lipinski definition) is 5. The average molecular weight is 253 g/mol. The first-order valence-electron chi connectivity index (χ1n) is 5.62. The van der Waals surface area contributed by atoms with Crippen LogP contribution in [0.1, 0.15) is 10.4 Å². The van der Waals surface area contributed by atoms with E-state index in [1.54, 1.807) is 12.1 Å². The normalized spacial score (nSPS) is 12.0. The van der Waals surface area contributed by atoms with Crippen LogP contribution in [0, 0.1) is 0 Å². The van der Waals surface area contributed by atoms with Gasteiger partial charge in [0.05, 0.1) is 24.8 Å². The van der Waals surface area contributed by atoms with Gasteiger partial charge in [-0.25, -0.2) is 4.98 Å². The molecule has 0 saturated carbocycles. The molecule has 100 valence electrons. The molecule has 0 saturated heterocycles. The summed E-state index contributed by atoms with van der Waals surface area (Å²) in [6.07, 6.45) is 1.51. The van der Waals surface area contributed by atoms with Crippen molar-refractivity contribution in [1.29, 1.82) is 0 Å². The van der Waals surface area contributed by atoms with Crippen molar-refractivity contribution < 1.29 is 14.6 Å². The molecule has 1 heterocycles. The van der Waals surface area contributed by atoms with Crippen molar-refractivity contribution >= 4 is 11.7 Å². The van der Waals surface area contributed by atoms with Gasteiger partial charge in [-0.1, -0.05) is 0 Å². The van der Waals surface area contributed by atoms with Crippen molar-refractivity contribution in [2.45, 2.75) is 6.04 Å². The van der Waals surface area contributed by atoms with E-state index in [2.05, 4.69) is 10.3 Å². The number of aromatic nitrogens is 1. The fourth-order valence-corrected chi connectivity index (χ4v) is 1.39. The maximum absolute atomic E-state index is 11.8. The third-order valence-electron chi connectivity index (χ3n) is 2.39. The van der Waals surface area contributed by atoms with Gasteiger partial charge < -0.3 is 20.1 Å². The minimum atomic E-state index is -0.406. The molecule has 0 aliphatic heterocycles. The summed E-state index contributed by atoms with van der Waals surface area (Å²) in [5, 5.41) is 11.7. The van der Waals surface area contributed by atoms with Crippen LogP contribution in [-0.4, -0.2) is 56.5 Å². The zero-order valence-corrected chi connectivity index (χ0v) is 10.9. The van der Waals surface area contributed by atoms with E-state index in [1.807, 2.05) is 19.0 Å². The molecule has 1 unspecified atom stereocenters. The third-order valence-corrected chi connectivity index (χ3v) is 2.39. The van der Waals surface area contributed by atoms with Crippen molar-refractivity contribution in [1.82, 2.24) is 10.3 Å². The van der Waals surface area contributed by atoms with Gasteiger partial charge in [0, 0.05) is 27.4 Å². The maximum atomic E-state index is 11.8. The summed E-state index contributed by atoms with van der Waals surface area (Å²) in [5.74, 6) is 0.506. The van der Waals surface area contributed by atoms with Crippen molar-refractivity contribution in [3.8, 4) is 0 Å². The van der Waals surface area contributed by atoms with Crippen LogP contribution >= 0.6 is 0 Å². The van der Waals surface area contributed by atoms with E-state index in [9.17, 15) is 4.79 Å². The van der Waals surface area contributed by atoms with Crippen LogP contribution in [0.3, 0.4) is 0 Å². The molecular formula is C12H19N3O3. The Morgan fingerprint density at radius 2 is 2.28 bits per heavy atom. The van der Waals surface area contributed by atoms with E-state index in [0.717, 1.165) is 5.82 Å². The Kier molecular flexibility index (Phi) is 5.54. The Hall–Kier alpha value is -1.66. The predicted octanol–water partition coefficient (Wildman–Crippen LogP) is -0.115. The second kappa shape index (κ2) is 6.93. The van der Waals surface area contributed by atoms with E-state index in [0.29, 0.717) is 5.56 Å². The fourth-order valence-electron chi connectivity index (χ4n) is 1.39. The number of nitrogens with one attached hydrogen (secondary N) is 1. The third kappa shape index (κ3) is 3.97. The van der Waals surface area contributed by atoms with E-state index >= 15 is 0 Å². The summed E-state index contributed by atoms with van der Waals surface area (Å²) in [6, 6.07) is 3.05. The van der Waals surface area contributed by atoms with Gasteiger partial charge in [-0.05, 0) is 12.1 Å². The molecule has 1 aromatic heterocycles. The SMILES string of the molecule is COCC(CO)NC(=O)c1ccc(N(C)C)nc1. The molecule has 0 aromatic carbocycles. The smallest absolute Gasteiger partial charge is 0.253 e. The fraction of sp³-hybridized carbons (Fsp3) is 0.500. The van der Waals surface area contributed by atoms with Gasteiger partial charge in [-0.2, -0.15) is 0 Å². The number of amides is 1. The minimum absolute atomic E-state index is 0.164.